The molecule has 0 amide bonds. The molecule has 6 heteroatoms. The maximum atomic E-state index is 12.7. The Morgan fingerprint density at radius 2 is 1.81 bits per heavy atom. The molecule has 2 aromatic rings. The summed E-state index contributed by atoms with van der Waals surface area (Å²) in [6, 6.07) is 7.53. The van der Waals surface area contributed by atoms with Crippen molar-refractivity contribution in [1.82, 2.24) is 9.78 Å². The van der Waals surface area contributed by atoms with Gasteiger partial charge in [-0.25, -0.2) is 4.68 Å². The van der Waals surface area contributed by atoms with E-state index >= 15 is 0 Å². The number of ether oxygens (including phenoxy) is 1. The van der Waals surface area contributed by atoms with Gasteiger partial charge in [0.25, 0.3) is 5.56 Å². The summed E-state index contributed by atoms with van der Waals surface area (Å²) in [5.41, 5.74) is 2.21. The van der Waals surface area contributed by atoms with Gasteiger partial charge in [-0.1, -0.05) is 52.0 Å². The molecule has 143 valence electrons. The van der Waals surface area contributed by atoms with Crippen molar-refractivity contribution in [1.29, 1.82) is 0 Å². The number of hydrogen-bond donors (Lipinski definition) is 1. The van der Waals surface area contributed by atoms with Gasteiger partial charge in [0.1, 0.15) is 5.69 Å². The Morgan fingerprint density at radius 1 is 1.23 bits per heavy atom. The molecule has 0 aliphatic heterocycles. The Bertz CT molecular complexity index is 727. The van der Waals surface area contributed by atoms with Gasteiger partial charge in [-0.2, -0.15) is 5.10 Å². The molecular weight excluding hydrogens is 405 g/mol. The molecule has 0 bridgehead atoms. The Hall–Kier alpha value is -1.04. The number of aryl methyl sites for hydroxylation is 1. The Balaban J connectivity index is 0. The van der Waals surface area contributed by atoms with E-state index in [0.29, 0.717) is 24.4 Å². The van der Waals surface area contributed by atoms with Crippen molar-refractivity contribution in [2.75, 3.05) is 13.7 Å². The fourth-order valence-electron chi connectivity index (χ4n) is 2.40. The SMILES string of the molecule is CC.COCCn1nc(C(C)C)c(O)c(-c2ccccc2C)c1=O.[CH3-].[Y]. The topological polar surface area (TPSA) is 64.3 Å². The molecule has 1 aromatic carbocycles. The summed E-state index contributed by atoms with van der Waals surface area (Å²) < 4.78 is 6.41. The molecule has 0 aliphatic carbocycles. The van der Waals surface area contributed by atoms with Gasteiger partial charge in [-0.15, -0.1) is 0 Å². The van der Waals surface area contributed by atoms with Gasteiger partial charge >= 0.3 is 0 Å². The van der Waals surface area contributed by atoms with E-state index in [1.165, 1.54) is 4.68 Å². The summed E-state index contributed by atoms with van der Waals surface area (Å²) in [5.74, 6) is -0.0138. The molecular formula is C20H31N2O3Y-. The van der Waals surface area contributed by atoms with Gasteiger partial charge in [0.05, 0.1) is 18.7 Å². The predicted octanol–water partition coefficient (Wildman–Crippen LogP) is 4.17. The molecule has 2 rings (SSSR count). The quantitative estimate of drug-likeness (QED) is 0.715. The summed E-state index contributed by atoms with van der Waals surface area (Å²) in [4.78, 5) is 12.7. The minimum atomic E-state index is -0.298. The minimum absolute atomic E-state index is 0. The molecule has 0 saturated heterocycles. The van der Waals surface area contributed by atoms with Gasteiger partial charge < -0.3 is 17.3 Å². The Morgan fingerprint density at radius 3 is 2.31 bits per heavy atom. The number of nitrogens with zero attached hydrogens (tertiary/aromatic N) is 2. The third-order valence-corrected chi connectivity index (χ3v) is 3.62. The van der Waals surface area contributed by atoms with Crippen LogP contribution in [0.4, 0.5) is 0 Å². The predicted molar refractivity (Wildman–Crippen MR) is 104 cm³/mol. The number of benzene rings is 1. The first-order valence-corrected chi connectivity index (χ1v) is 8.36. The molecule has 1 heterocycles. The first-order valence-electron chi connectivity index (χ1n) is 8.36. The van der Waals surface area contributed by atoms with Crippen LogP contribution in [0.1, 0.15) is 44.9 Å². The zero-order valence-corrected chi connectivity index (χ0v) is 19.9. The van der Waals surface area contributed by atoms with E-state index in [4.69, 9.17) is 4.74 Å². The third kappa shape index (κ3) is 6.29. The van der Waals surface area contributed by atoms with Crippen LogP contribution in [0.15, 0.2) is 29.1 Å². The largest absolute Gasteiger partial charge is 0.505 e. The summed E-state index contributed by atoms with van der Waals surface area (Å²) in [5, 5.41) is 14.9. The number of aromatic nitrogens is 2. The van der Waals surface area contributed by atoms with Crippen LogP contribution in [0.5, 0.6) is 5.75 Å². The molecule has 0 aliphatic rings. The van der Waals surface area contributed by atoms with Gasteiger partial charge in [0, 0.05) is 45.7 Å². The van der Waals surface area contributed by atoms with E-state index in [1.54, 1.807) is 7.11 Å². The van der Waals surface area contributed by atoms with E-state index in [2.05, 4.69) is 5.10 Å². The van der Waals surface area contributed by atoms with Gasteiger partial charge in [-0.05, 0) is 18.1 Å². The van der Waals surface area contributed by atoms with Crippen molar-refractivity contribution in [2.45, 2.75) is 47.1 Å². The fourth-order valence-corrected chi connectivity index (χ4v) is 2.40. The van der Waals surface area contributed by atoms with Gasteiger partial charge in [0.15, 0.2) is 5.75 Å². The molecule has 1 aromatic heterocycles. The van der Waals surface area contributed by atoms with E-state index in [0.717, 1.165) is 11.1 Å². The first kappa shape index (κ1) is 27.2. The second-order valence-corrected chi connectivity index (χ2v) is 5.60. The van der Waals surface area contributed by atoms with E-state index in [1.807, 2.05) is 58.9 Å². The minimum Gasteiger partial charge on any atom is -0.505 e. The van der Waals surface area contributed by atoms with Crippen LogP contribution in [0.3, 0.4) is 0 Å². The van der Waals surface area contributed by atoms with Crippen LogP contribution in [0.2, 0.25) is 0 Å². The van der Waals surface area contributed by atoms with Crippen LogP contribution < -0.4 is 5.56 Å². The molecule has 5 nitrogen and oxygen atoms in total. The molecule has 1 radical (unpaired) electrons. The van der Waals surface area contributed by atoms with Crippen molar-refractivity contribution in [3.8, 4) is 16.9 Å². The summed E-state index contributed by atoms with van der Waals surface area (Å²) in [7, 11) is 1.58. The van der Waals surface area contributed by atoms with Crippen molar-refractivity contribution in [3.63, 3.8) is 0 Å². The second kappa shape index (κ2) is 13.2. The van der Waals surface area contributed by atoms with Crippen LogP contribution in [-0.4, -0.2) is 28.6 Å². The molecule has 26 heavy (non-hydrogen) atoms. The molecule has 1 N–H and O–H groups in total. The smallest absolute Gasteiger partial charge is 0.278 e. The van der Waals surface area contributed by atoms with Crippen molar-refractivity contribution < 1.29 is 42.6 Å². The second-order valence-electron chi connectivity index (χ2n) is 5.60. The average molecular weight is 436 g/mol. The van der Waals surface area contributed by atoms with Crippen LogP contribution in [-0.2, 0) is 44.0 Å². The summed E-state index contributed by atoms with van der Waals surface area (Å²) >= 11 is 0. The molecule has 0 fully saturated rings. The average Bonchev–Trinajstić information content (AvgIpc) is 2.57. The van der Waals surface area contributed by atoms with E-state index in [-0.39, 0.29) is 57.4 Å². The number of rotatable bonds is 5. The molecule has 0 atom stereocenters. The number of hydrogen-bond acceptors (Lipinski definition) is 4. The van der Waals surface area contributed by atoms with E-state index in [9.17, 15) is 9.90 Å². The molecule has 0 unspecified atom stereocenters. The van der Waals surface area contributed by atoms with Crippen molar-refractivity contribution in [3.05, 3.63) is 53.3 Å². The normalized spacial score (nSPS) is 9.65. The monoisotopic (exact) mass is 436 g/mol. The van der Waals surface area contributed by atoms with Crippen molar-refractivity contribution >= 4 is 0 Å². The van der Waals surface area contributed by atoms with Crippen LogP contribution >= 0.6 is 0 Å². The third-order valence-electron chi connectivity index (χ3n) is 3.62. The molecule has 0 saturated carbocycles. The zero-order valence-electron chi connectivity index (χ0n) is 17.0. The van der Waals surface area contributed by atoms with Crippen LogP contribution in [0.25, 0.3) is 11.1 Å². The zero-order chi connectivity index (χ0) is 18.3. The van der Waals surface area contributed by atoms with Crippen molar-refractivity contribution in [2.24, 2.45) is 0 Å². The first-order chi connectivity index (χ1) is 11.5. The summed E-state index contributed by atoms with van der Waals surface area (Å²) in [6.45, 7) is 10.5. The summed E-state index contributed by atoms with van der Waals surface area (Å²) in [6.07, 6.45) is 0. The Kier molecular flexibility index (Phi) is 13.8. The maximum absolute atomic E-state index is 12.7. The maximum Gasteiger partial charge on any atom is 0.278 e. The fraction of sp³-hybridized carbons (Fsp3) is 0.450. The molecule has 0 spiro atoms. The van der Waals surface area contributed by atoms with Gasteiger partial charge in [0.2, 0.25) is 0 Å². The van der Waals surface area contributed by atoms with E-state index < -0.39 is 0 Å². The number of aromatic hydroxyl groups is 1. The van der Waals surface area contributed by atoms with Crippen LogP contribution in [0, 0.1) is 14.4 Å². The van der Waals surface area contributed by atoms with Gasteiger partial charge in [-0.3, -0.25) is 4.79 Å². The Labute approximate surface area is 182 Å². The number of methoxy groups -OCH3 is 1. The standard InChI is InChI=1S/C17H22N2O3.C2H6.CH3.Y/c1-11(2)15-16(20)14(13-8-6-5-7-12(13)3)17(21)19(18-15)9-10-22-4;1-2;;/h5-8,11,20H,9-10H2,1-4H3;1-2H3;1H3;/q;;-1;.